The number of likely N-dealkylation sites (tertiary alicyclic amines) is 1. The molecular formula is C18H21N7O. The summed E-state index contributed by atoms with van der Waals surface area (Å²) in [4.78, 5) is 19.0. The molecule has 0 atom stereocenters. The molecule has 4 rings (SSSR count). The van der Waals surface area contributed by atoms with E-state index in [2.05, 4.69) is 26.5 Å². The molecule has 4 heterocycles. The molecule has 26 heavy (non-hydrogen) atoms. The van der Waals surface area contributed by atoms with E-state index in [4.69, 9.17) is 0 Å². The lowest BCUT2D eigenvalue weighted by Crippen LogP contribution is -2.39. The van der Waals surface area contributed by atoms with Crippen LogP contribution in [0, 0.1) is 12.8 Å². The molecule has 0 N–H and O–H groups in total. The van der Waals surface area contributed by atoms with Crippen molar-refractivity contribution in [1.82, 2.24) is 34.4 Å². The molecule has 3 aromatic heterocycles. The number of pyridine rings is 1. The van der Waals surface area contributed by atoms with Crippen LogP contribution >= 0.6 is 0 Å². The maximum atomic E-state index is 12.8. The first-order chi connectivity index (χ1) is 12.7. The zero-order valence-corrected chi connectivity index (χ0v) is 14.7. The van der Waals surface area contributed by atoms with Crippen LogP contribution < -0.4 is 0 Å². The van der Waals surface area contributed by atoms with E-state index in [1.807, 2.05) is 22.7 Å². The van der Waals surface area contributed by atoms with Crippen LogP contribution in [0.4, 0.5) is 0 Å². The minimum atomic E-state index is 0.0510. The van der Waals surface area contributed by atoms with E-state index in [9.17, 15) is 4.79 Å². The monoisotopic (exact) mass is 351 g/mol. The third kappa shape index (κ3) is 3.49. The number of hydrogen-bond acceptors (Lipinski definition) is 5. The van der Waals surface area contributed by atoms with Crippen molar-refractivity contribution in [2.24, 2.45) is 5.92 Å². The second-order valence-corrected chi connectivity index (χ2v) is 6.75. The Bertz CT molecular complexity index is 879. The van der Waals surface area contributed by atoms with Gasteiger partial charge in [0.1, 0.15) is 18.5 Å². The van der Waals surface area contributed by atoms with Gasteiger partial charge < -0.3 is 4.90 Å². The number of carbonyl (C=O) groups is 1. The fourth-order valence-electron chi connectivity index (χ4n) is 3.34. The minimum Gasteiger partial charge on any atom is -0.339 e. The first kappa shape index (κ1) is 16.4. The Balaban J connectivity index is 1.38. The summed E-state index contributed by atoms with van der Waals surface area (Å²) < 4.78 is 3.70. The molecule has 1 saturated heterocycles. The quantitative estimate of drug-likeness (QED) is 0.715. The van der Waals surface area contributed by atoms with Crippen LogP contribution in [0.2, 0.25) is 0 Å². The summed E-state index contributed by atoms with van der Waals surface area (Å²) in [7, 11) is 0. The topological polar surface area (TPSA) is 81.7 Å². The summed E-state index contributed by atoms with van der Waals surface area (Å²) in [5.41, 5.74) is 1.82. The molecule has 1 fully saturated rings. The van der Waals surface area contributed by atoms with E-state index in [1.54, 1.807) is 35.6 Å². The van der Waals surface area contributed by atoms with Crippen molar-refractivity contribution in [3.05, 3.63) is 54.5 Å². The molecule has 8 heteroatoms. The standard InChI is InChI=1S/C18H21N7O/c1-14-9-22-25(10-14)11-15-3-6-23(7-4-15)18(26)16-2-5-19-17(8-16)24-12-20-21-13-24/h2,5,8-10,12-13,15H,3-4,6-7,11H2,1H3. The summed E-state index contributed by atoms with van der Waals surface area (Å²) in [6.45, 7) is 4.51. The van der Waals surface area contributed by atoms with Crippen molar-refractivity contribution in [1.29, 1.82) is 0 Å². The Kier molecular flexibility index (Phi) is 4.47. The van der Waals surface area contributed by atoms with Gasteiger partial charge in [0.15, 0.2) is 0 Å². The number of amides is 1. The predicted octanol–water partition coefficient (Wildman–Crippen LogP) is 1.72. The van der Waals surface area contributed by atoms with Gasteiger partial charge in [-0.3, -0.25) is 14.0 Å². The van der Waals surface area contributed by atoms with Gasteiger partial charge in [0.05, 0.1) is 6.20 Å². The normalized spacial score (nSPS) is 15.3. The van der Waals surface area contributed by atoms with E-state index in [0.717, 1.165) is 32.5 Å². The molecule has 134 valence electrons. The van der Waals surface area contributed by atoms with E-state index in [-0.39, 0.29) is 5.91 Å². The highest BCUT2D eigenvalue weighted by molar-refractivity contribution is 5.94. The minimum absolute atomic E-state index is 0.0510. The first-order valence-electron chi connectivity index (χ1n) is 8.78. The van der Waals surface area contributed by atoms with Crippen molar-refractivity contribution < 1.29 is 4.79 Å². The number of aromatic nitrogens is 6. The van der Waals surface area contributed by atoms with Gasteiger partial charge in [-0.05, 0) is 43.4 Å². The van der Waals surface area contributed by atoms with Crippen LogP contribution in [-0.2, 0) is 6.54 Å². The number of hydrogen-bond donors (Lipinski definition) is 0. The molecule has 0 saturated carbocycles. The van der Waals surface area contributed by atoms with Crippen molar-refractivity contribution in [3.8, 4) is 5.82 Å². The van der Waals surface area contributed by atoms with Gasteiger partial charge >= 0.3 is 0 Å². The van der Waals surface area contributed by atoms with E-state index in [0.29, 0.717) is 17.3 Å². The number of nitrogens with zero attached hydrogens (tertiary/aromatic N) is 7. The highest BCUT2D eigenvalue weighted by Gasteiger charge is 2.24. The first-order valence-corrected chi connectivity index (χ1v) is 8.78. The smallest absolute Gasteiger partial charge is 0.254 e. The average molecular weight is 351 g/mol. The van der Waals surface area contributed by atoms with Gasteiger partial charge in [-0.2, -0.15) is 5.10 Å². The average Bonchev–Trinajstić information content (AvgIpc) is 3.34. The van der Waals surface area contributed by atoms with Crippen LogP contribution in [0.5, 0.6) is 0 Å². The van der Waals surface area contributed by atoms with Crippen molar-refractivity contribution in [2.75, 3.05) is 13.1 Å². The summed E-state index contributed by atoms with van der Waals surface area (Å²) in [5, 5.41) is 11.9. The fourth-order valence-corrected chi connectivity index (χ4v) is 3.34. The summed E-state index contributed by atoms with van der Waals surface area (Å²) in [5.74, 6) is 1.25. The van der Waals surface area contributed by atoms with Gasteiger partial charge in [-0.25, -0.2) is 4.98 Å². The third-order valence-electron chi connectivity index (χ3n) is 4.79. The number of piperidine rings is 1. The number of carbonyl (C=O) groups excluding carboxylic acids is 1. The highest BCUT2D eigenvalue weighted by atomic mass is 16.2. The molecule has 8 nitrogen and oxygen atoms in total. The zero-order valence-electron chi connectivity index (χ0n) is 14.7. The van der Waals surface area contributed by atoms with Gasteiger partial charge in [0, 0.05) is 37.6 Å². The second kappa shape index (κ2) is 7.07. The molecule has 1 aliphatic rings. The number of aryl methyl sites for hydroxylation is 1. The molecule has 0 spiro atoms. The second-order valence-electron chi connectivity index (χ2n) is 6.75. The predicted molar refractivity (Wildman–Crippen MR) is 94.7 cm³/mol. The Morgan fingerprint density at radius 2 is 2.00 bits per heavy atom. The Hall–Kier alpha value is -3.03. The maximum absolute atomic E-state index is 12.8. The van der Waals surface area contributed by atoms with E-state index >= 15 is 0 Å². The lowest BCUT2D eigenvalue weighted by Gasteiger charge is -2.32. The summed E-state index contributed by atoms with van der Waals surface area (Å²) >= 11 is 0. The van der Waals surface area contributed by atoms with Crippen LogP contribution in [-0.4, -0.2) is 53.4 Å². The largest absolute Gasteiger partial charge is 0.339 e. The van der Waals surface area contributed by atoms with Crippen molar-refractivity contribution in [2.45, 2.75) is 26.3 Å². The molecule has 0 aromatic carbocycles. The van der Waals surface area contributed by atoms with Gasteiger partial charge in [0.2, 0.25) is 0 Å². The summed E-state index contributed by atoms with van der Waals surface area (Å²) in [6.07, 6.45) is 10.7. The van der Waals surface area contributed by atoms with Crippen molar-refractivity contribution in [3.63, 3.8) is 0 Å². The molecule has 0 unspecified atom stereocenters. The molecule has 3 aromatic rings. The van der Waals surface area contributed by atoms with Gasteiger partial charge in [-0.15, -0.1) is 10.2 Å². The van der Waals surface area contributed by atoms with Crippen LogP contribution in [0.25, 0.3) is 5.82 Å². The van der Waals surface area contributed by atoms with E-state index < -0.39 is 0 Å². The summed E-state index contributed by atoms with van der Waals surface area (Å²) in [6, 6.07) is 3.54. The number of rotatable bonds is 4. The molecule has 0 aliphatic carbocycles. The molecule has 1 aliphatic heterocycles. The lowest BCUT2D eigenvalue weighted by atomic mass is 9.96. The lowest BCUT2D eigenvalue weighted by molar-refractivity contribution is 0.0681. The highest BCUT2D eigenvalue weighted by Crippen LogP contribution is 2.21. The Morgan fingerprint density at radius 3 is 2.69 bits per heavy atom. The van der Waals surface area contributed by atoms with Crippen LogP contribution in [0.15, 0.2) is 43.4 Å². The van der Waals surface area contributed by atoms with E-state index in [1.165, 1.54) is 5.56 Å². The van der Waals surface area contributed by atoms with Crippen molar-refractivity contribution >= 4 is 5.91 Å². The molecule has 0 radical (unpaired) electrons. The molecule has 1 amide bonds. The Morgan fingerprint density at radius 1 is 1.23 bits per heavy atom. The van der Waals surface area contributed by atoms with Crippen LogP contribution in [0.1, 0.15) is 28.8 Å². The molecule has 0 bridgehead atoms. The van der Waals surface area contributed by atoms with Gasteiger partial charge in [-0.1, -0.05) is 0 Å². The van der Waals surface area contributed by atoms with Gasteiger partial charge in [0.25, 0.3) is 5.91 Å². The SMILES string of the molecule is Cc1cnn(CC2CCN(C(=O)c3ccnc(-n4cnnc4)c3)CC2)c1. The van der Waals surface area contributed by atoms with Crippen LogP contribution in [0.3, 0.4) is 0 Å². The third-order valence-corrected chi connectivity index (χ3v) is 4.79. The molecular weight excluding hydrogens is 330 g/mol. The Labute approximate surface area is 151 Å². The zero-order chi connectivity index (χ0) is 17.9. The fraction of sp³-hybridized carbons (Fsp3) is 0.389. The maximum Gasteiger partial charge on any atom is 0.254 e.